The summed E-state index contributed by atoms with van der Waals surface area (Å²) in [5.74, 6) is 0.425. The maximum absolute atomic E-state index is 10.2. The number of hydrogen-bond acceptors (Lipinski definition) is 3. The fourth-order valence-electron chi connectivity index (χ4n) is 3.67. The fourth-order valence-corrected chi connectivity index (χ4v) is 3.67. The van der Waals surface area contributed by atoms with Crippen LogP contribution in [0.3, 0.4) is 0 Å². The molecule has 3 heteroatoms. The first-order chi connectivity index (χ1) is 10.2. The van der Waals surface area contributed by atoms with Crippen LogP contribution in [0.2, 0.25) is 0 Å². The summed E-state index contributed by atoms with van der Waals surface area (Å²) in [4.78, 5) is 2.41. The van der Waals surface area contributed by atoms with Crippen LogP contribution in [0.1, 0.15) is 52.2 Å². The molecule has 1 aromatic rings. The third kappa shape index (κ3) is 4.72. The van der Waals surface area contributed by atoms with Crippen molar-refractivity contribution in [3.63, 3.8) is 0 Å². The summed E-state index contributed by atoms with van der Waals surface area (Å²) in [6.07, 6.45) is 1.12. The molecular formula is C19H32N2O. The van der Waals surface area contributed by atoms with E-state index in [2.05, 4.69) is 57.0 Å². The van der Waals surface area contributed by atoms with Gasteiger partial charge in [0, 0.05) is 38.3 Å². The molecule has 1 heterocycles. The first-order valence-electron chi connectivity index (χ1n) is 8.43. The zero-order valence-corrected chi connectivity index (χ0v) is 14.9. The lowest BCUT2D eigenvalue weighted by Crippen LogP contribution is -2.42. The molecule has 0 aliphatic carbocycles. The van der Waals surface area contributed by atoms with E-state index in [0.717, 1.165) is 44.7 Å². The zero-order chi connectivity index (χ0) is 16.4. The summed E-state index contributed by atoms with van der Waals surface area (Å²) >= 11 is 0. The minimum absolute atomic E-state index is 0.115. The summed E-state index contributed by atoms with van der Waals surface area (Å²) < 4.78 is 0. The molecule has 3 nitrogen and oxygen atoms in total. The molecule has 0 atom stereocenters. The van der Waals surface area contributed by atoms with E-state index in [4.69, 9.17) is 0 Å². The van der Waals surface area contributed by atoms with Crippen molar-refractivity contribution in [2.45, 2.75) is 53.0 Å². The highest BCUT2D eigenvalue weighted by Crippen LogP contribution is 2.37. The van der Waals surface area contributed by atoms with Crippen LogP contribution in [-0.4, -0.2) is 36.2 Å². The van der Waals surface area contributed by atoms with Crippen molar-refractivity contribution in [2.24, 2.45) is 5.41 Å². The van der Waals surface area contributed by atoms with Gasteiger partial charge in [0.1, 0.15) is 5.75 Å². The summed E-state index contributed by atoms with van der Waals surface area (Å²) in [7, 11) is 0. The highest BCUT2D eigenvalue weighted by Gasteiger charge is 2.28. The highest BCUT2D eigenvalue weighted by molar-refractivity contribution is 5.39. The Morgan fingerprint density at radius 3 is 2.32 bits per heavy atom. The SMILES string of the molecule is CC(C)(C)CC(C)(C)c1ccc(O)c(CN2CCNCC2)c1. The Labute approximate surface area is 135 Å². The number of nitrogens with zero attached hydrogens (tertiary/aromatic N) is 1. The van der Waals surface area contributed by atoms with E-state index in [1.165, 1.54) is 5.56 Å². The van der Waals surface area contributed by atoms with Crippen LogP contribution in [0.5, 0.6) is 5.75 Å². The molecule has 0 spiro atoms. The summed E-state index contributed by atoms with van der Waals surface area (Å²) in [6.45, 7) is 16.5. The van der Waals surface area contributed by atoms with Crippen LogP contribution in [0, 0.1) is 5.41 Å². The number of benzene rings is 1. The van der Waals surface area contributed by atoms with Crippen molar-refractivity contribution < 1.29 is 5.11 Å². The molecule has 0 aromatic heterocycles. The van der Waals surface area contributed by atoms with Gasteiger partial charge in [0.25, 0.3) is 0 Å². The van der Waals surface area contributed by atoms with Gasteiger partial charge in [-0.3, -0.25) is 4.90 Å². The Bertz CT molecular complexity index is 497. The average molecular weight is 304 g/mol. The van der Waals surface area contributed by atoms with E-state index >= 15 is 0 Å². The lowest BCUT2D eigenvalue weighted by molar-refractivity contribution is 0.230. The van der Waals surface area contributed by atoms with E-state index in [1.807, 2.05) is 6.07 Å². The quantitative estimate of drug-likeness (QED) is 0.893. The van der Waals surface area contributed by atoms with E-state index in [-0.39, 0.29) is 5.41 Å². The smallest absolute Gasteiger partial charge is 0.120 e. The summed E-state index contributed by atoms with van der Waals surface area (Å²) in [6, 6.07) is 6.17. The first-order valence-corrected chi connectivity index (χ1v) is 8.43. The average Bonchev–Trinajstić information content (AvgIpc) is 2.39. The van der Waals surface area contributed by atoms with E-state index in [0.29, 0.717) is 11.2 Å². The van der Waals surface area contributed by atoms with E-state index in [1.54, 1.807) is 0 Å². The molecule has 0 radical (unpaired) electrons. The molecule has 1 saturated heterocycles. The van der Waals surface area contributed by atoms with E-state index in [9.17, 15) is 5.11 Å². The number of aromatic hydroxyl groups is 1. The highest BCUT2D eigenvalue weighted by atomic mass is 16.3. The van der Waals surface area contributed by atoms with Crippen LogP contribution in [-0.2, 0) is 12.0 Å². The molecular weight excluding hydrogens is 272 g/mol. The predicted octanol–water partition coefficient (Wildman–Crippen LogP) is 3.51. The third-order valence-corrected chi connectivity index (χ3v) is 4.44. The van der Waals surface area contributed by atoms with Crippen molar-refractivity contribution in [2.75, 3.05) is 26.2 Å². The third-order valence-electron chi connectivity index (χ3n) is 4.44. The van der Waals surface area contributed by atoms with Crippen molar-refractivity contribution >= 4 is 0 Å². The summed E-state index contributed by atoms with van der Waals surface area (Å²) in [5.41, 5.74) is 2.79. The Hall–Kier alpha value is -1.06. The Morgan fingerprint density at radius 1 is 1.09 bits per heavy atom. The number of hydrogen-bond donors (Lipinski definition) is 2. The normalized spacial score (nSPS) is 17.7. The van der Waals surface area contributed by atoms with Gasteiger partial charge < -0.3 is 10.4 Å². The molecule has 2 rings (SSSR count). The van der Waals surface area contributed by atoms with Crippen molar-refractivity contribution in [3.8, 4) is 5.75 Å². The van der Waals surface area contributed by atoms with Crippen molar-refractivity contribution in [3.05, 3.63) is 29.3 Å². The van der Waals surface area contributed by atoms with Crippen LogP contribution >= 0.6 is 0 Å². The van der Waals surface area contributed by atoms with Crippen LogP contribution in [0.15, 0.2) is 18.2 Å². The molecule has 1 fully saturated rings. The number of piperazine rings is 1. The molecule has 0 unspecified atom stereocenters. The maximum atomic E-state index is 10.2. The van der Waals surface area contributed by atoms with E-state index < -0.39 is 0 Å². The Kier molecular flexibility index (Phi) is 5.18. The largest absolute Gasteiger partial charge is 0.508 e. The van der Waals surface area contributed by atoms with Crippen LogP contribution in [0.4, 0.5) is 0 Å². The standard InChI is InChI=1S/C19H32N2O/c1-18(2,3)14-19(4,5)16-6-7-17(22)15(12-16)13-21-10-8-20-9-11-21/h6-7,12,20,22H,8-11,13-14H2,1-5H3. The van der Waals surface area contributed by atoms with Crippen molar-refractivity contribution in [1.82, 2.24) is 10.2 Å². The second-order valence-electron chi connectivity index (χ2n) is 8.49. The number of nitrogens with one attached hydrogen (secondary N) is 1. The second-order valence-corrected chi connectivity index (χ2v) is 8.49. The monoisotopic (exact) mass is 304 g/mol. The van der Waals surface area contributed by atoms with Gasteiger partial charge in [-0.1, -0.05) is 46.8 Å². The minimum Gasteiger partial charge on any atom is -0.508 e. The number of rotatable bonds is 4. The fraction of sp³-hybridized carbons (Fsp3) is 0.684. The van der Waals surface area contributed by atoms with Gasteiger partial charge in [0.05, 0.1) is 0 Å². The molecule has 1 aliphatic rings. The van der Waals surface area contributed by atoms with Crippen LogP contribution in [0.25, 0.3) is 0 Å². The molecule has 0 bridgehead atoms. The molecule has 1 aromatic carbocycles. The molecule has 1 aliphatic heterocycles. The Morgan fingerprint density at radius 2 is 1.73 bits per heavy atom. The predicted molar refractivity (Wildman–Crippen MR) is 93.4 cm³/mol. The van der Waals surface area contributed by atoms with Crippen molar-refractivity contribution in [1.29, 1.82) is 0 Å². The van der Waals surface area contributed by atoms with Gasteiger partial charge in [-0.15, -0.1) is 0 Å². The molecule has 2 N–H and O–H groups in total. The zero-order valence-electron chi connectivity index (χ0n) is 14.9. The van der Waals surface area contributed by atoms with Gasteiger partial charge >= 0.3 is 0 Å². The molecule has 124 valence electrons. The second kappa shape index (κ2) is 6.59. The number of phenols is 1. The van der Waals surface area contributed by atoms with Gasteiger partial charge in [-0.2, -0.15) is 0 Å². The van der Waals surface area contributed by atoms with Gasteiger partial charge in [-0.25, -0.2) is 0 Å². The minimum atomic E-state index is 0.115. The lowest BCUT2D eigenvalue weighted by atomic mass is 9.72. The first kappa shape index (κ1) is 17.3. The molecule has 22 heavy (non-hydrogen) atoms. The molecule has 0 saturated carbocycles. The maximum Gasteiger partial charge on any atom is 0.120 e. The van der Waals surface area contributed by atoms with Gasteiger partial charge in [-0.05, 0) is 28.9 Å². The topological polar surface area (TPSA) is 35.5 Å². The summed E-state index contributed by atoms with van der Waals surface area (Å²) in [5, 5.41) is 13.6. The van der Waals surface area contributed by atoms with Gasteiger partial charge in [0.2, 0.25) is 0 Å². The lowest BCUT2D eigenvalue weighted by Gasteiger charge is -2.34. The van der Waals surface area contributed by atoms with Gasteiger partial charge in [0.15, 0.2) is 0 Å². The molecule has 0 amide bonds. The van der Waals surface area contributed by atoms with Crippen LogP contribution < -0.4 is 5.32 Å². The Balaban J connectivity index is 2.18. The number of phenolic OH excluding ortho intramolecular Hbond substituents is 1.